The number of aryl methyl sites for hydroxylation is 1. The Morgan fingerprint density at radius 2 is 1.91 bits per heavy atom. The van der Waals surface area contributed by atoms with Crippen LogP contribution in [0.25, 0.3) is 0 Å². The first kappa shape index (κ1) is 17.0. The Morgan fingerprint density at radius 3 is 2.41 bits per heavy atom. The average Bonchev–Trinajstić information content (AvgIpc) is 2.42. The molecule has 4 nitrogen and oxygen atoms in total. The van der Waals surface area contributed by atoms with Gasteiger partial charge < -0.3 is 10.0 Å². The van der Waals surface area contributed by atoms with Crippen LogP contribution in [0.15, 0.2) is 24.3 Å². The first-order valence-corrected chi connectivity index (χ1v) is 8.16. The standard InChI is InChI=1S/C18H28N2O2/c1-13(2)11-19-9-10-20(15(4)12-19)17(18(21)22)16-7-5-14(3)6-8-16/h5-8,13,15,17H,9-12H2,1-4H3,(H,21,22). The zero-order valence-electron chi connectivity index (χ0n) is 14.1. The SMILES string of the molecule is Cc1ccc(C(C(=O)O)N2CCN(CC(C)C)CC2C)cc1. The summed E-state index contributed by atoms with van der Waals surface area (Å²) in [4.78, 5) is 16.4. The van der Waals surface area contributed by atoms with Crippen LogP contribution in [0, 0.1) is 12.8 Å². The molecule has 0 saturated carbocycles. The van der Waals surface area contributed by atoms with E-state index in [1.807, 2.05) is 31.2 Å². The molecule has 22 heavy (non-hydrogen) atoms. The zero-order valence-corrected chi connectivity index (χ0v) is 14.1. The molecular formula is C18H28N2O2. The molecule has 0 aromatic heterocycles. The third-order valence-electron chi connectivity index (χ3n) is 4.34. The number of nitrogens with zero attached hydrogens (tertiary/aromatic N) is 2. The lowest BCUT2D eigenvalue weighted by Gasteiger charge is -2.43. The van der Waals surface area contributed by atoms with E-state index in [-0.39, 0.29) is 6.04 Å². The Balaban J connectivity index is 2.13. The molecule has 0 bridgehead atoms. The van der Waals surface area contributed by atoms with Crippen LogP contribution >= 0.6 is 0 Å². The van der Waals surface area contributed by atoms with Crippen molar-refractivity contribution in [3.8, 4) is 0 Å². The molecule has 1 aromatic rings. The molecule has 4 heteroatoms. The first-order valence-electron chi connectivity index (χ1n) is 8.16. The number of piperazine rings is 1. The lowest BCUT2D eigenvalue weighted by molar-refractivity contribution is -0.145. The molecule has 1 saturated heterocycles. The van der Waals surface area contributed by atoms with Crippen LogP contribution < -0.4 is 0 Å². The molecular weight excluding hydrogens is 276 g/mol. The van der Waals surface area contributed by atoms with E-state index < -0.39 is 12.0 Å². The van der Waals surface area contributed by atoms with Crippen molar-refractivity contribution in [2.75, 3.05) is 26.2 Å². The fourth-order valence-electron chi connectivity index (χ4n) is 3.34. The van der Waals surface area contributed by atoms with Gasteiger partial charge in [0.25, 0.3) is 0 Å². The van der Waals surface area contributed by atoms with Gasteiger partial charge in [0.15, 0.2) is 0 Å². The Morgan fingerprint density at radius 1 is 1.27 bits per heavy atom. The van der Waals surface area contributed by atoms with E-state index in [2.05, 4.69) is 30.6 Å². The normalized spacial score (nSPS) is 22.0. The van der Waals surface area contributed by atoms with Crippen molar-refractivity contribution in [3.63, 3.8) is 0 Å². The topological polar surface area (TPSA) is 43.8 Å². The highest BCUT2D eigenvalue weighted by atomic mass is 16.4. The highest BCUT2D eigenvalue weighted by Crippen LogP contribution is 2.26. The van der Waals surface area contributed by atoms with Crippen molar-refractivity contribution in [1.29, 1.82) is 0 Å². The molecule has 2 atom stereocenters. The maximum absolute atomic E-state index is 11.8. The summed E-state index contributed by atoms with van der Waals surface area (Å²) in [5.41, 5.74) is 2.03. The van der Waals surface area contributed by atoms with Crippen molar-refractivity contribution in [2.24, 2.45) is 5.92 Å². The fourth-order valence-corrected chi connectivity index (χ4v) is 3.34. The van der Waals surface area contributed by atoms with Crippen molar-refractivity contribution >= 4 is 5.97 Å². The molecule has 0 radical (unpaired) electrons. The number of rotatable bonds is 5. The Kier molecular flexibility index (Phi) is 5.59. The molecule has 2 unspecified atom stereocenters. The number of carboxylic acid groups (broad SMARTS) is 1. The lowest BCUT2D eigenvalue weighted by Crippen LogP contribution is -2.54. The number of carboxylic acids is 1. The summed E-state index contributed by atoms with van der Waals surface area (Å²) < 4.78 is 0. The summed E-state index contributed by atoms with van der Waals surface area (Å²) >= 11 is 0. The van der Waals surface area contributed by atoms with Crippen LogP contribution in [-0.2, 0) is 4.79 Å². The summed E-state index contributed by atoms with van der Waals surface area (Å²) in [7, 11) is 0. The van der Waals surface area contributed by atoms with Gasteiger partial charge in [0.05, 0.1) is 0 Å². The van der Waals surface area contributed by atoms with Crippen molar-refractivity contribution in [3.05, 3.63) is 35.4 Å². The molecule has 1 N–H and O–H groups in total. The molecule has 1 aliphatic rings. The van der Waals surface area contributed by atoms with Crippen molar-refractivity contribution < 1.29 is 9.90 Å². The first-order chi connectivity index (χ1) is 10.4. The third-order valence-corrected chi connectivity index (χ3v) is 4.34. The predicted octanol–water partition coefficient (Wildman–Crippen LogP) is 2.78. The van der Waals surface area contributed by atoms with Crippen LogP contribution in [0.4, 0.5) is 0 Å². The van der Waals surface area contributed by atoms with Crippen LogP contribution in [0.5, 0.6) is 0 Å². The monoisotopic (exact) mass is 304 g/mol. The molecule has 2 rings (SSSR count). The second kappa shape index (κ2) is 7.25. The number of benzene rings is 1. The third kappa shape index (κ3) is 4.08. The van der Waals surface area contributed by atoms with Crippen molar-refractivity contribution in [2.45, 2.75) is 39.8 Å². The van der Waals surface area contributed by atoms with Crippen LogP contribution in [0.2, 0.25) is 0 Å². The maximum Gasteiger partial charge on any atom is 0.325 e. The van der Waals surface area contributed by atoms with Gasteiger partial charge in [-0.15, -0.1) is 0 Å². The smallest absolute Gasteiger partial charge is 0.325 e. The van der Waals surface area contributed by atoms with Gasteiger partial charge in [-0.05, 0) is 25.3 Å². The second-order valence-electron chi connectivity index (χ2n) is 6.89. The van der Waals surface area contributed by atoms with E-state index in [1.54, 1.807) is 0 Å². The summed E-state index contributed by atoms with van der Waals surface area (Å²) in [5, 5.41) is 9.72. The van der Waals surface area contributed by atoms with Gasteiger partial charge in [-0.2, -0.15) is 0 Å². The minimum absolute atomic E-state index is 0.245. The van der Waals surface area contributed by atoms with Gasteiger partial charge in [0.1, 0.15) is 6.04 Å². The van der Waals surface area contributed by atoms with Crippen molar-refractivity contribution in [1.82, 2.24) is 9.80 Å². The average molecular weight is 304 g/mol. The number of hydrogen-bond donors (Lipinski definition) is 1. The quantitative estimate of drug-likeness (QED) is 0.908. The van der Waals surface area contributed by atoms with Gasteiger partial charge >= 0.3 is 5.97 Å². The highest BCUT2D eigenvalue weighted by Gasteiger charge is 2.34. The van der Waals surface area contributed by atoms with E-state index in [4.69, 9.17) is 0 Å². The predicted molar refractivity (Wildman–Crippen MR) is 89.0 cm³/mol. The molecule has 122 valence electrons. The van der Waals surface area contributed by atoms with Gasteiger partial charge in [-0.1, -0.05) is 43.7 Å². The highest BCUT2D eigenvalue weighted by molar-refractivity contribution is 5.75. The molecule has 1 aromatic carbocycles. The Labute approximate surface area is 133 Å². The molecule has 0 amide bonds. The number of hydrogen-bond acceptors (Lipinski definition) is 3. The van der Waals surface area contributed by atoms with E-state index in [9.17, 15) is 9.90 Å². The van der Waals surface area contributed by atoms with Crippen LogP contribution in [-0.4, -0.2) is 53.1 Å². The van der Waals surface area contributed by atoms with Gasteiger partial charge in [-0.25, -0.2) is 0 Å². The maximum atomic E-state index is 11.8. The zero-order chi connectivity index (χ0) is 16.3. The Hall–Kier alpha value is -1.39. The van der Waals surface area contributed by atoms with Crippen LogP contribution in [0.1, 0.15) is 37.9 Å². The van der Waals surface area contributed by atoms with Gasteiger partial charge in [0, 0.05) is 32.2 Å². The Bertz CT molecular complexity index is 498. The van der Waals surface area contributed by atoms with E-state index in [0.717, 1.165) is 37.3 Å². The minimum atomic E-state index is -0.756. The number of carbonyl (C=O) groups is 1. The molecule has 1 heterocycles. The fraction of sp³-hybridized carbons (Fsp3) is 0.611. The summed E-state index contributed by atoms with van der Waals surface area (Å²) in [6.45, 7) is 12.4. The summed E-state index contributed by atoms with van der Waals surface area (Å²) in [6.07, 6.45) is 0. The van der Waals surface area contributed by atoms with E-state index in [1.165, 1.54) is 0 Å². The van der Waals surface area contributed by atoms with Gasteiger partial charge in [-0.3, -0.25) is 9.69 Å². The molecule has 0 spiro atoms. The van der Waals surface area contributed by atoms with Crippen LogP contribution in [0.3, 0.4) is 0 Å². The van der Waals surface area contributed by atoms with Gasteiger partial charge in [0.2, 0.25) is 0 Å². The summed E-state index contributed by atoms with van der Waals surface area (Å²) in [6, 6.07) is 7.57. The number of aliphatic carboxylic acids is 1. The van der Waals surface area contributed by atoms with E-state index in [0.29, 0.717) is 5.92 Å². The molecule has 1 aliphatic heterocycles. The second-order valence-corrected chi connectivity index (χ2v) is 6.89. The summed E-state index contributed by atoms with van der Waals surface area (Å²) in [5.74, 6) is -0.112. The molecule has 0 aliphatic carbocycles. The largest absolute Gasteiger partial charge is 0.480 e. The minimum Gasteiger partial charge on any atom is -0.480 e. The molecule has 1 fully saturated rings. The lowest BCUT2D eigenvalue weighted by atomic mass is 10.0. The van der Waals surface area contributed by atoms with E-state index >= 15 is 0 Å².